The van der Waals surface area contributed by atoms with Crippen LogP contribution >= 0.6 is 0 Å². The molecule has 3 rings (SSSR count). The Bertz CT molecular complexity index is 841. The van der Waals surface area contributed by atoms with E-state index >= 15 is 0 Å². The second-order valence-corrected chi connectivity index (χ2v) is 7.77. The van der Waals surface area contributed by atoms with E-state index in [1.165, 1.54) is 7.11 Å². The summed E-state index contributed by atoms with van der Waals surface area (Å²) in [4.78, 5) is 29.3. The fourth-order valence-electron chi connectivity index (χ4n) is 3.81. The third-order valence-electron chi connectivity index (χ3n) is 5.69. The number of hydrogen-bond acceptors (Lipinski definition) is 5. The molecule has 1 fully saturated rings. The zero-order valence-corrected chi connectivity index (χ0v) is 18.0. The molecule has 160 valence electrons. The molecule has 1 heterocycles. The highest BCUT2D eigenvalue weighted by Gasteiger charge is 2.27. The van der Waals surface area contributed by atoms with E-state index in [9.17, 15) is 9.59 Å². The lowest BCUT2D eigenvalue weighted by molar-refractivity contribution is -0.134. The average Bonchev–Trinajstić information content (AvgIpc) is 2.78. The second kappa shape index (κ2) is 10.3. The van der Waals surface area contributed by atoms with Gasteiger partial charge in [-0.25, -0.2) is 4.79 Å². The number of methoxy groups -OCH3 is 2. The first kappa shape index (κ1) is 21.8. The average molecular weight is 411 g/mol. The molecule has 1 aliphatic rings. The van der Waals surface area contributed by atoms with E-state index in [1.54, 1.807) is 19.2 Å². The summed E-state index contributed by atoms with van der Waals surface area (Å²) in [6.07, 6.45) is 2.28. The first-order chi connectivity index (χ1) is 14.5. The lowest BCUT2D eigenvalue weighted by Gasteiger charge is -2.37. The maximum absolute atomic E-state index is 13.3. The summed E-state index contributed by atoms with van der Waals surface area (Å²) in [5.41, 5.74) is 2.49. The van der Waals surface area contributed by atoms with Crippen molar-refractivity contribution in [1.82, 2.24) is 9.80 Å². The van der Waals surface area contributed by atoms with E-state index < -0.39 is 0 Å². The number of ether oxygens (including phenoxy) is 2. The van der Waals surface area contributed by atoms with Crippen molar-refractivity contribution in [2.75, 3.05) is 34.4 Å². The molecule has 0 aliphatic carbocycles. The second-order valence-electron chi connectivity index (χ2n) is 7.77. The largest absolute Gasteiger partial charge is 0.497 e. The van der Waals surface area contributed by atoms with Crippen molar-refractivity contribution in [3.05, 3.63) is 65.2 Å². The molecular weight excluding hydrogens is 380 g/mol. The number of nitrogens with zero attached hydrogens (tertiary/aromatic N) is 2. The summed E-state index contributed by atoms with van der Waals surface area (Å²) >= 11 is 0. The van der Waals surface area contributed by atoms with Gasteiger partial charge in [0.25, 0.3) is 0 Å². The molecule has 0 N–H and O–H groups in total. The smallest absolute Gasteiger partial charge is 0.337 e. The fraction of sp³-hybridized carbons (Fsp3) is 0.417. The molecule has 1 saturated heterocycles. The van der Waals surface area contributed by atoms with E-state index in [-0.39, 0.29) is 17.9 Å². The van der Waals surface area contributed by atoms with E-state index in [0.717, 1.165) is 42.8 Å². The Kier molecular flexibility index (Phi) is 7.46. The highest BCUT2D eigenvalue weighted by Crippen LogP contribution is 2.21. The van der Waals surface area contributed by atoms with Crippen molar-refractivity contribution >= 4 is 11.9 Å². The van der Waals surface area contributed by atoms with Crippen LogP contribution in [0.5, 0.6) is 5.75 Å². The van der Waals surface area contributed by atoms with E-state index in [0.29, 0.717) is 18.5 Å². The third-order valence-corrected chi connectivity index (χ3v) is 5.69. The van der Waals surface area contributed by atoms with Crippen LogP contribution in [0.2, 0.25) is 0 Å². The summed E-state index contributed by atoms with van der Waals surface area (Å²) < 4.78 is 9.97. The summed E-state index contributed by atoms with van der Waals surface area (Å²) in [6.45, 7) is 2.50. The molecule has 2 aromatic rings. The topological polar surface area (TPSA) is 59.1 Å². The first-order valence-corrected chi connectivity index (χ1v) is 10.3. The van der Waals surface area contributed by atoms with Crippen LogP contribution in [0.3, 0.4) is 0 Å². The molecular formula is C24H30N2O4. The van der Waals surface area contributed by atoms with Crippen molar-refractivity contribution in [2.24, 2.45) is 0 Å². The van der Waals surface area contributed by atoms with Gasteiger partial charge >= 0.3 is 5.97 Å². The van der Waals surface area contributed by atoms with Crippen molar-refractivity contribution < 1.29 is 19.1 Å². The van der Waals surface area contributed by atoms with Gasteiger partial charge in [0, 0.05) is 12.6 Å². The number of benzene rings is 2. The van der Waals surface area contributed by atoms with Gasteiger partial charge in [-0.1, -0.05) is 24.3 Å². The summed E-state index contributed by atoms with van der Waals surface area (Å²) in [6, 6.07) is 15.2. The van der Waals surface area contributed by atoms with Gasteiger partial charge in [-0.05, 0) is 68.4 Å². The third kappa shape index (κ3) is 5.60. The summed E-state index contributed by atoms with van der Waals surface area (Å²) in [7, 11) is 5.12. The predicted octanol–water partition coefficient (Wildman–Crippen LogP) is 3.15. The minimum absolute atomic E-state index is 0.117. The maximum atomic E-state index is 13.3. The van der Waals surface area contributed by atoms with Crippen LogP contribution in [0.15, 0.2) is 48.5 Å². The van der Waals surface area contributed by atoms with Gasteiger partial charge in [-0.3, -0.25) is 4.79 Å². The minimum atomic E-state index is -0.357. The Hall–Kier alpha value is -2.86. The molecule has 30 heavy (non-hydrogen) atoms. The standard InChI is InChI=1S/C24H30N2O4/c1-25-14-12-21(13-15-25)26(17-19-4-8-20(9-5-19)24(28)30-3)23(27)16-18-6-10-22(29-2)11-7-18/h4-11,21H,12-17H2,1-3H3. The van der Waals surface area contributed by atoms with E-state index in [2.05, 4.69) is 11.9 Å². The molecule has 2 aromatic carbocycles. The van der Waals surface area contributed by atoms with Crippen LogP contribution < -0.4 is 4.74 Å². The molecule has 0 radical (unpaired) electrons. The highest BCUT2D eigenvalue weighted by atomic mass is 16.5. The van der Waals surface area contributed by atoms with Crippen LogP contribution in [0, 0.1) is 0 Å². The van der Waals surface area contributed by atoms with Gasteiger partial charge in [0.1, 0.15) is 5.75 Å². The van der Waals surface area contributed by atoms with Gasteiger partial charge in [0.05, 0.1) is 26.2 Å². The Morgan fingerprint density at radius 1 is 0.967 bits per heavy atom. The number of carbonyl (C=O) groups excluding carboxylic acids is 2. The molecule has 0 bridgehead atoms. The Balaban J connectivity index is 1.75. The maximum Gasteiger partial charge on any atom is 0.337 e. The first-order valence-electron chi connectivity index (χ1n) is 10.3. The monoisotopic (exact) mass is 410 g/mol. The van der Waals surface area contributed by atoms with Crippen molar-refractivity contribution in [3.8, 4) is 5.75 Å². The number of hydrogen-bond donors (Lipinski definition) is 0. The molecule has 1 aliphatic heterocycles. The number of carbonyl (C=O) groups is 2. The highest BCUT2D eigenvalue weighted by molar-refractivity contribution is 5.89. The van der Waals surface area contributed by atoms with Crippen LogP contribution in [-0.2, 0) is 22.5 Å². The van der Waals surface area contributed by atoms with Crippen LogP contribution in [0.1, 0.15) is 34.3 Å². The quantitative estimate of drug-likeness (QED) is 0.657. The lowest BCUT2D eigenvalue weighted by atomic mass is 10.0. The van der Waals surface area contributed by atoms with Crippen LogP contribution in [0.4, 0.5) is 0 Å². The molecule has 6 nitrogen and oxygen atoms in total. The lowest BCUT2D eigenvalue weighted by Crippen LogP contribution is -2.46. The normalized spacial score (nSPS) is 14.9. The van der Waals surface area contributed by atoms with Crippen LogP contribution in [-0.4, -0.2) is 62.1 Å². The number of piperidine rings is 1. The van der Waals surface area contributed by atoms with E-state index in [4.69, 9.17) is 9.47 Å². The zero-order valence-electron chi connectivity index (χ0n) is 18.0. The van der Waals surface area contributed by atoms with Crippen molar-refractivity contribution in [2.45, 2.75) is 31.8 Å². The Morgan fingerprint density at radius 3 is 2.13 bits per heavy atom. The van der Waals surface area contributed by atoms with Crippen LogP contribution in [0.25, 0.3) is 0 Å². The van der Waals surface area contributed by atoms with Gasteiger partial charge in [-0.15, -0.1) is 0 Å². The Labute approximate surface area is 178 Å². The molecule has 0 unspecified atom stereocenters. The van der Waals surface area contributed by atoms with Gasteiger partial charge in [0.15, 0.2) is 0 Å². The van der Waals surface area contributed by atoms with Crippen molar-refractivity contribution in [3.63, 3.8) is 0 Å². The number of amides is 1. The van der Waals surface area contributed by atoms with Crippen molar-refractivity contribution in [1.29, 1.82) is 0 Å². The van der Waals surface area contributed by atoms with Gasteiger partial charge in [-0.2, -0.15) is 0 Å². The minimum Gasteiger partial charge on any atom is -0.497 e. The zero-order chi connectivity index (χ0) is 21.5. The number of rotatable bonds is 7. The molecule has 0 atom stereocenters. The van der Waals surface area contributed by atoms with Gasteiger partial charge in [0.2, 0.25) is 5.91 Å². The fourth-order valence-corrected chi connectivity index (χ4v) is 3.81. The molecule has 6 heteroatoms. The predicted molar refractivity (Wildman–Crippen MR) is 116 cm³/mol. The number of esters is 1. The molecule has 1 amide bonds. The molecule has 0 spiro atoms. The number of likely N-dealkylation sites (tertiary alicyclic amines) is 1. The van der Waals surface area contributed by atoms with Gasteiger partial charge < -0.3 is 19.3 Å². The van der Waals surface area contributed by atoms with E-state index in [1.807, 2.05) is 41.3 Å². The summed E-state index contributed by atoms with van der Waals surface area (Å²) in [5, 5.41) is 0. The molecule has 0 aromatic heterocycles. The SMILES string of the molecule is COC(=O)c1ccc(CN(C(=O)Cc2ccc(OC)cc2)C2CCN(C)CC2)cc1. The molecule has 0 saturated carbocycles. The summed E-state index contributed by atoms with van der Waals surface area (Å²) in [5.74, 6) is 0.542. The Morgan fingerprint density at radius 2 is 1.57 bits per heavy atom.